The second-order valence-corrected chi connectivity index (χ2v) is 12.1. The first-order valence-electron chi connectivity index (χ1n) is 15.9. The van der Waals surface area contributed by atoms with Crippen molar-refractivity contribution in [2.24, 2.45) is 20.0 Å². The van der Waals surface area contributed by atoms with Crippen molar-refractivity contribution in [3.05, 3.63) is 138 Å². The van der Waals surface area contributed by atoms with Crippen molar-refractivity contribution in [1.29, 1.82) is 15.8 Å². The van der Waals surface area contributed by atoms with Gasteiger partial charge in [0.2, 0.25) is 11.6 Å². The number of fused-ring (bicyclic) bond motifs is 3. The normalized spacial score (nSPS) is 14.3. The van der Waals surface area contributed by atoms with Crippen molar-refractivity contribution >= 4 is 22.2 Å². The van der Waals surface area contributed by atoms with Gasteiger partial charge in [0, 0.05) is 17.2 Å². The summed E-state index contributed by atoms with van der Waals surface area (Å²) in [6, 6.07) is 9.63. The van der Waals surface area contributed by atoms with E-state index in [-0.39, 0.29) is 38.8 Å². The zero-order valence-electron chi connectivity index (χ0n) is 28.5. The largest absolute Gasteiger partial charge is 0.433 e. The number of aromatic nitrogens is 4. The van der Waals surface area contributed by atoms with Crippen molar-refractivity contribution < 1.29 is 43.9 Å². The average Bonchev–Trinajstić information content (AvgIpc) is 3.97. The fourth-order valence-corrected chi connectivity index (χ4v) is 5.87. The molecule has 0 aliphatic carbocycles. The Hall–Kier alpha value is -8.12. The van der Waals surface area contributed by atoms with Gasteiger partial charge in [-0.05, 0) is 37.6 Å². The van der Waals surface area contributed by atoms with Gasteiger partial charge in [-0.15, -0.1) is 0 Å². The molecule has 2 aromatic heterocycles. The van der Waals surface area contributed by atoms with Gasteiger partial charge in [-0.3, -0.25) is 0 Å². The first kappa shape index (κ1) is 36.8. The van der Waals surface area contributed by atoms with Crippen LogP contribution in [0.15, 0.2) is 60.3 Å². The quantitative estimate of drug-likeness (QED) is 0.0986. The fraction of sp³-hybridized carbons (Fsp3) is 0.0541. The van der Waals surface area contributed by atoms with Crippen molar-refractivity contribution in [1.82, 2.24) is 19.9 Å². The van der Waals surface area contributed by atoms with Gasteiger partial charge in [-0.1, -0.05) is 0 Å². The highest BCUT2D eigenvalue weighted by Gasteiger charge is 2.31. The second-order valence-electron chi connectivity index (χ2n) is 12.1. The lowest BCUT2D eigenvalue weighted by atomic mass is 10.0. The first-order chi connectivity index (χ1) is 27.7. The average molecular weight is 796 g/mol. The highest BCUT2D eigenvalue weighted by atomic mass is 19.2. The van der Waals surface area contributed by atoms with Crippen LogP contribution in [0.5, 0.6) is 0 Å². The molecule has 0 bridgehead atoms. The number of nitriles is 3. The molecular formula is C37H10F9N11O. The van der Waals surface area contributed by atoms with Crippen molar-refractivity contribution in [2.75, 3.05) is 0 Å². The van der Waals surface area contributed by atoms with Crippen LogP contribution in [0.2, 0.25) is 0 Å². The maximum absolute atomic E-state index is 14.8. The number of benzene rings is 4. The Bertz CT molecular complexity index is 3300. The summed E-state index contributed by atoms with van der Waals surface area (Å²) in [5.74, 6) is -20.9. The molecule has 0 saturated heterocycles. The summed E-state index contributed by atoms with van der Waals surface area (Å²) in [4.78, 5) is 33.0. The zero-order chi connectivity index (χ0) is 41.5. The molecule has 0 saturated carbocycles. The van der Waals surface area contributed by atoms with Gasteiger partial charge in [-0.2, -0.15) is 15.8 Å². The molecule has 4 heterocycles. The molecule has 0 N–H and O–H groups in total. The van der Waals surface area contributed by atoms with Crippen LogP contribution in [0.4, 0.5) is 39.5 Å². The summed E-state index contributed by atoms with van der Waals surface area (Å²) in [5, 5.41) is 28.7. The molecule has 0 amide bonds. The van der Waals surface area contributed by atoms with Crippen molar-refractivity contribution in [3.63, 3.8) is 0 Å². The molecule has 58 heavy (non-hydrogen) atoms. The van der Waals surface area contributed by atoms with E-state index in [1.54, 1.807) is 6.07 Å². The Morgan fingerprint density at radius 1 is 0.603 bits per heavy atom. The Morgan fingerprint density at radius 2 is 1.21 bits per heavy atom. The maximum atomic E-state index is 14.8. The lowest BCUT2D eigenvalue weighted by Gasteiger charge is -2.07. The molecule has 4 aromatic carbocycles. The van der Waals surface area contributed by atoms with E-state index >= 15 is 0 Å². The third-order valence-corrected chi connectivity index (χ3v) is 8.74. The van der Waals surface area contributed by atoms with Gasteiger partial charge in [0.15, 0.2) is 69.6 Å². The molecule has 0 fully saturated rings. The third kappa shape index (κ3) is 5.46. The predicted molar refractivity (Wildman–Crippen MR) is 175 cm³/mol. The highest BCUT2D eigenvalue weighted by molar-refractivity contribution is 5.81. The number of nitrogens with zero attached hydrogens (tertiary/aromatic N) is 11. The Morgan fingerprint density at radius 3 is 1.88 bits per heavy atom. The Labute approximate surface area is 314 Å². The number of rotatable bonds is 4. The third-order valence-electron chi connectivity index (χ3n) is 8.74. The number of allylic oxidation sites excluding steroid dienone is 2. The second kappa shape index (κ2) is 13.3. The van der Waals surface area contributed by atoms with E-state index in [1.807, 2.05) is 6.07 Å². The van der Waals surface area contributed by atoms with Crippen LogP contribution < -0.4 is 21.4 Å². The van der Waals surface area contributed by atoms with Gasteiger partial charge in [0.05, 0.1) is 16.5 Å². The van der Waals surface area contributed by atoms with Crippen molar-refractivity contribution in [2.45, 2.75) is 13.8 Å². The molecule has 0 spiro atoms. The van der Waals surface area contributed by atoms with E-state index in [2.05, 4.69) is 39.9 Å². The fourth-order valence-electron chi connectivity index (χ4n) is 5.87. The molecule has 6 aromatic rings. The van der Waals surface area contributed by atoms with E-state index < -0.39 is 120 Å². The van der Waals surface area contributed by atoms with Crippen LogP contribution in [-0.2, 0) is 0 Å². The minimum Gasteiger partial charge on any atom is -0.433 e. The summed E-state index contributed by atoms with van der Waals surface area (Å²) < 4.78 is 135. The van der Waals surface area contributed by atoms with Crippen LogP contribution in [0.1, 0.15) is 28.1 Å². The monoisotopic (exact) mass is 795 g/mol. The smallest absolute Gasteiger partial charge is 0.266 e. The number of oxazole rings is 1. The standard InChI is InChI=1S/C37H10F9N11O/c1-10-5-18-19(6-16(10)38)58-37(51-18)36-56-32(55-35(57-36)15(9-49)34-52-29-11(2)21(39)24(42)28(46)31(29)54-34)12-3-4-17-30(13(12)7-47)53-33(50-17)14(8-48)20-22(40)25(43)27(45)26(44)23(20)41/h3-6H,1-2H3/b33-14+,34-15-. The minimum absolute atomic E-state index is 0.0659. The summed E-state index contributed by atoms with van der Waals surface area (Å²) >= 11 is 0. The molecule has 12 nitrogen and oxygen atoms in total. The predicted octanol–water partition coefficient (Wildman–Crippen LogP) is 5.38. The molecule has 0 unspecified atom stereocenters. The lowest BCUT2D eigenvalue weighted by molar-refractivity contribution is 0.376. The number of hydrogen-bond acceptors (Lipinski definition) is 12. The molecule has 21 heteroatoms. The molecule has 0 atom stereocenters. The summed E-state index contributed by atoms with van der Waals surface area (Å²) in [6.45, 7) is 2.56. The van der Waals surface area contributed by atoms with Crippen LogP contribution in [0.25, 0.3) is 45.3 Å². The molecule has 2 aliphatic heterocycles. The van der Waals surface area contributed by atoms with E-state index in [1.165, 1.54) is 31.2 Å². The summed E-state index contributed by atoms with van der Waals surface area (Å²) in [6.07, 6.45) is 0. The Kier molecular flexibility index (Phi) is 8.43. The van der Waals surface area contributed by atoms with Crippen LogP contribution in [-0.4, -0.2) is 19.9 Å². The maximum Gasteiger partial charge on any atom is 0.266 e. The lowest BCUT2D eigenvalue weighted by Crippen LogP contribution is -2.31. The van der Waals surface area contributed by atoms with Crippen LogP contribution in [0, 0.1) is 100 Å². The van der Waals surface area contributed by atoms with Gasteiger partial charge in [0.25, 0.3) is 5.89 Å². The first-order valence-corrected chi connectivity index (χ1v) is 15.9. The van der Waals surface area contributed by atoms with Gasteiger partial charge >= 0.3 is 0 Å². The molecule has 2 aliphatic rings. The van der Waals surface area contributed by atoms with Crippen molar-refractivity contribution in [3.8, 4) is 41.3 Å². The van der Waals surface area contributed by atoms with Gasteiger partial charge in [-0.25, -0.2) is 79.4 Å². The zero-order valence-corrected chi connectivity index (χ0v) is 28.5. The topological polar surface area (TPSA) is 186 Å². The number of halogens is 9. The number of hydrogen-bond donors (Lipinski definition) is 0. The minimum atomic E-state index is -2.47. The van der Waals surface area contributed by atoms with E-state index in [0.29, 0.717) is 0 Å². The number of aryl methyl sites for hydroxylation is 1. The summed E-state index contributed by atoms with van der Waals surface area (Å²) in [7, 11) is 0. The molecule has 8 rings (SSSR count). The molecular weight excluding hydrogens is 785 g/mol. The van der Waals surface area contributed by atoms with Crippen LogP contribution in [0.3, 0.4) is 0 Å². The van der Waals surface area contributed by atoms with E-state index in [4.69, 9.17) is 4.42 Å². The van der Waals surface area contributed by atoms with E-state index in [0.717, 1.165) is 13.0 Å². The van der Waals surface area contributed by atoms with Crippen LogP contribution >= 0.6 is 0 Å². The van der Waals surface area contributed by atoms with Gasteiger partial charge < -0.3 is 4.42 Å². The highest BCUT2D eigenvalue weighted by Crippen LogP contribution is 2.32. The van der Waals surface area contributed by atoms with Gasteiger partial charge in [0.1, 0.15) is 56.8 Å². The SMILES string of the molecule is Cc1cc2nc(-c3nc(/C(C#N)=C4/N=c5c(C)c(F)c(F)c(F)c5=N4)nc(-c4ccc5c(c4C#N)=N/C(=C(\C#N)c4c(F)c(F)c(F)c(F)c4F)N=5)n3)oc2cc1F. The molecule has 282 valence electrons. The summed E-state index contributed by atoms with van der Waals surface area (Å²) in [5.41, 5.74) is -4.26. The Balaban J connectivity index is 1.38. The molecule has 0 radical (unpaired) electrons. The van der Waals surface area contributed by atoms with E-state index in [9.17, 15) is 55.3 Å².